The number of anilines is 1. The number of carbonyl (C=O) groups is 1. The molecule has 0 aliphatic rings. The van der Waals surface area contributed by atoms with Gasteiger partial charge in [0.2, 0.25) is 0 Å². The molecule has 0 aliphatic carbocycles. The number of nitriles is 1. The Morgan fingerprint density at radius 2 is 1.90 bits per heavy atom. The van der Waals surface area contributed by atoms with Gasteiger partial charge in [-0.05, 0) is 36.2 Å². The van der Waals surface area contributed by atoms with Gasteiger partial charge in [0, 0.05) is 30.8 Å². The molecular formula is C23H25N3O4. The van der Waals surface area contributed by atoms with Gasteiger partial charge >= 0.3 is 6.09 Å². The van der Waals surface area contributed by atoms with Gasteiger partial charge < -0.3 is 18.8 Å². The Morgan fingerprint density at radius 3 is 2.53 bits per heavy atom. The predicted octanol–water partition coefficient (Wildman–Crippen LogP) is 4.79. The molecule has 1 heterocycles. The Balaban J connectivity index is 2.03. The van der Waals surface area contributed by atoms with Gasteiger partial charge in [-0.2, -0.15) is 5.26 Å². The van der Waals surface area contributed by atoms with Crippen molar-refractivity contribution in [1.82, 2.24) is 4.57 Å². The maximum absolute atomic E-state index is 11.8. The van der Waals surface area contributed by atoms with Crippen molar-refractivity contribution in [3.63, 3.8) is 0 Å². The molecule has 7 heteroatoms. The number of ether oxygens (including phenoxy) is 3. The molecule has 1 aromatic heterocycles. The van der Waals surface area contributed by atoms with Gasteiger partial charge in [-0.25, -0.2) is 4.79 Å². The minimum absolute atomic E-state index is 0.374. The van der Waals surface area contributed by atoms with Gasteiger partial charge in [0.05, 0.1) is 37.1 Å². The number of carbonyl (C=O) groups excluding carboxylic acids is 1. The van der Waals surface area contributed by atoms with E-state index in [4.69, 9.17) is 14.2 Å². The average molecular weight is 407 g/mol. The highest BCUT2D eigenvalue weighted by Crippen LogP contribution is 2.35. The van der Waals surface area contributed by atoms with Crippen molar-refractivity contribution >= 4 is 22.7 Å². The fourth-order valence-electron chi connectivity index (χ4n) is 3.34. The summed E-state index contributed by atoms with van der Waals surface area (Å²) in [6.45, 7) is 3.40. The molecule has 0 saturated heterocycles. The number of fused-ring (bicyclic) bond motifs is 1. The minimum Gasteiger partial charge on any atom is -0.497 e. The third-order valence-electron chi connectivity index (χ3n) is 4.74. The summed E-state index contributed by atoms with van der Waals surface area (Å²) >= 11 is 0. The highest BCUT2D eigenvalue weighted by atomic mass is 16.5. The molecule has 156 valence electrons. The Morgan fingerprint density at radius 1 is 1.13 bits per heavy atom. The Kier molecular flexibility index (Phi) is 6.94. The van der Waals surface area contributed by atoms with Gasteiger partial charge in [0.1, 0.15) is 11.8 Å². The molecule has 0 spiro atoms. The van der Waals surface area contributed by atoms with Crippen LogP contribution in [0.15, 0.2) is 42.5 Å². The van der Waals surface area contributed by atoms with Crippen molar-refractivity contribution in [1.29, 1.82) is 5.26 Å². The number of hydrogen-bond donors (Lipinski definition) is 1. The van der Waals surface area contributed by atoms with Gasteiger partial charge in [0.15, 0.2) is 0 Å². The number of methoxy groups -OCH3 is 2. The van der Waals surface area contributed by atoms with E-state index in [2.05, 4.69) is 16.0 Å². The van der Waals surface area contributed by atoms with E-state index in [-0.39, 0.29) is 0 Å². The second kappa shape index (κ2) is 9.81. The summed E-state index contributed by atoms with van der Waals surface area (Å²) in [4.78, 5) is 11.8. The zero-order valence-corrected chi connectivity index (χ0v) is 17.4. The monoisotopic (exact) mass is 407 g/mol. The van der Waals surface area contributed by atoms with E-state index < -0.39 is 6.09 Å². The van der Waals surface area contributed by atoms with E-state index in [0.717, 1.165) is 34.3 Å². The molecule has 2 aromatic carbocycles. The number of nitrogens with one attached hydrogen (secondary N) is 1. The molecule has 3 aromatic rings. The van der Waals surface area contributed by atoms with Crippen molar-refractivity contribution < 1.29 is 19.0 Å². The van der Waals surface area contributed by atoms with Crippen LogP contribution in [0.25, 0.3) is 22.2 Å². The van der Waals surface area contributed by atoms with E-state index in [9.17, 15) is 10.1 Å². The number of benzene rings is 2. The van der Waals surface area contributed by atoms with Crippen LogP contribution >= 0.6 is 0 Å². The third-order valence-corrected chi connectivity index (χ3v) is 4.74. The highest BCUT2D eigenvalue weighted by Gasteiger charge is 2.19. The molecule has 1 N–H and O–H groups in total. The molecule has 30 heavy (non-hydrogen) atoms. The third kappa shape index (κ3) is 4.39. The van der Waals surface area contributed by atoms with Crippen molar-refractivity contribution in [2.75, 3.05) is 32.8 Å². The molecule has 7 nitrogen and oxygen atoms in total. The van der Waals surface area contributed by atoms with Crippen molar-refractivity contribution in [3.8, 4) is 23.1 Å². The lowest BCUT2D eigenvalue weighted by atomic mass is 10.1. The normalized spacial score (nSPS) is 10.6. The largest absolute Gasteiger partial charge is 0.497 e. The molecule has 0 unspecified atom stereocenters. The summed E-state index contributed by atoms with van der Waals surface area (Å²) in [7, 11) is 3.27. The summed E-state index contributed by atoms with van der Waals surface area (Å²) in [5, 5.41) is 13.5. The Labute approximate surface area is 175 Å². The first-order chi connectivity index (χ1) is 14.6. The maximum atomic E-state index is 11.8. The van der Waals surface area contributed by atoms with Crippen LogP contribution in [0.3, 0.4) is 0 Å². The quantitative estimate of drug-likeness (QED) is 0.580. The first kappa shape index (κ1) is 21.2. The van der Waals surface area contributed by atoms with Crippen molar-refractivity contribution in [3.05, 3.63) is 48.0 Å². The highest BCUT2D eigenvalue weighted by molar-refractivity contribution is 5.95. The van der Waals surface area contributed by atoms with E-state index >= 15 is 0 Å². The van der Waals surface area contributed by atoms with Crippen LogP contribution in [-0.2, 0) is 16.0 Å². The summed E-state index contributed by atoms with van der Waals surface area (Å²) < 4.78 is 17.8. The van der Waals surface area contributed by atoms with E-state index in [1.165, 1.54) is 0 Å². The van der Waals surface area contributed by atoms with E-state index in [1.807, 2.05) is 37.3 Å². The van der Waals surface area contributed by atoms with E-state index in [0.29, 0.717) is 31.0 Å². The fourth-order valence-corrected chi connectivity index (χ4v) is 3.34. The molecule has 0 atom stereocenters. The molecule has 0 aliphatic heterocycles. The molecule has 3 rings (SSSR count). The first-order valence-corrected chi connectivity index (χ1v) is 9.76. The fraction of sp³-hybridized carbons (Fsp3) is 0.304. The van der Waals surface area contributed by atoms with Gasteiger partial charge in [-0.3, -0.25) is 5.32 Å². The molecule has 1 amide bonds. The lowest BCUT2D eigenvalue weighted by molar-refractivity contribution is 0.161. The molecular weight excluding hydrogens is 382 g/mol. The summed E-state index contributed by atoms with van der Waals surface area (Å²) in [6, 6.07) is 15.4. The van der Waals surface area contributed by atoms with Gasteiger partial charge in [-0.1, -0.05) is 19.1 Å². The van der Waals surface area contributed by atoms with Crippen LogP contribution in [-0.4, -0.2) is 38.1 Å². The number of amides is 1. The van der Waals surface area contributed by atoms with Gasteiger partial charge in [-0.15, -0.1) is 0 Å². The zero-order valence-electron chi connectivity index (χ0n) is 17.4. The maximum Gasteiger partial charge on any atom is 0.411 e. The Hall–Kier alpha value is -3.50. The summed E-state index contributed by atoms with van der Waals surface area (Å²) in [5.41, 5.74) is 3.79. The standard InChI is InChI=1S/C23H25N3O4/c1-4-12-30-23(27)25-17-7-5-16(6-8-17)22-20(15-24)19-10-9-18(29-3)14-21(19)26(22)11-13-28-2/h5-10,14H,4,11-13H2,1-3H3,(H,25,27). The molecule has 0 fully saturated rings. The second-order valence-corrected chi connectivity index (χ2v) is 6.70. The molecule has 0 saturated carbocycles. The van der Waals surface area contributed by atoms with Crippen LogP contribution < -0.4 is 10.1 Å². The van der Waals surface area contributed by atoms with Crippen LogP contribution in [0.1, 0.15) is 18.9 Å². The number of aromatic nitrogens is 1. The molecule has 0 bridgehead atoms. The lowest BCUT2D eigenvalue weighted by Crippen LogP contribution is -2.13. The lowest BCUT2D eigenvalue weighted by Gasteiger charge is -2.12. The van der Waals surface area contributed by atoms with Crippen LogP contribution in [0.2, 0.25) is 0 Å². The smallest absolute Gasteiger partial charge is 0.411 e. The second-order valence-electron chi connectivity index (χ2n) is 6.70. The van der Waals surface area contributed by atoms with Gasteiger partial charge in [0.25, 0.3) is 0 Å². The van der Waals surface area contributed by atoms with Crippen molar-refractivity contribution in [2.24, 2.45) is 0 Å². The number of nitrogens with zero attached hydrogens (tertiary/aromatic N) is 2. The number of hydrogen-bond acceptors (Lipinski definition) is 5. The topological polar surface area (TPSA) is 85.5 Å². The van der Waals surface area contributed by atoms with Crippen LogP contribution in [0.4, 0.5) is 10.5 Å². The minimum atomic E-state index is -0.483. The van der Waals surface area contributed by atoms with Crippen LogP contribution in [0.5, 0.6) is 5.75 Å². The SMILES string of the molecule is CCCOC(=O)Nc1ccc(-c2c(C#N)c3ccc(OC)cc3n2CCOC)cc1. The first-order valence-electron chi connectivity index (χ1n) is 9.76. The average Bonchev–Trinajstić information content (AvgIpc) is 3.09. The Bertz CT molecular complexity index is 1060. The van der Waals surface area contributed by atoms with E-state index in [1.54, 1.807) is 26.4 Å². The summed E-state index contributed by atoms with van der Waals surface area (Å²) in [5.74, 6) is 0.722. The van der Waals surface area contributed by atoms with Crippen molar-refractivity contribution in [2.45, 2.75) is 19.9 Å². The molecule has 0 radical (unpaired) electrons. The summed E-state index contributed by atoms with van der Waals surface area (Å²) in [6.07, 6.45) is 0.281. The van der Waals surface area contributed by atoms with Crippen LogP contribution in [0, 0.1) is 11.3 Å². The zero-order chi connectivity index (χ0) is 21.5. The number of rotatable bonds is 8. The predicted molar refractivity (Wildman–Crippen MR) is 116 cm³/mol.